The van der Waals surface area contributed by atoms with Gasteiger partial charge in [-0.15, -0.1) is 0 Å². The van der Waals surface area contributed by atoms with Gasteiger partial charge in [0.2, 0.25) is 0 Å². The van der Waals surface area contributed by atoms with E-state index in [-0.39, 0.29) is 0 Å². The molecule has 0 unspecified atom stereocenters. The lowest BCUT2D eigenvalue weighted by Crippen LogP contribution is -2.07. The predicted molar refractivity (Wildman–Crippen MR) is 93.1 cm³/mol. The first-order valence-corrected chi connectivity index (χ1v) is 8.23. The van der Waals surface area contributed by atoms with Crippen molar-refractivity contribution in [2.24, 2.45) is 0 Å². The second kappa shape index (κ2) is 8.51. The second-order valence-electron chi connectivity index (χ2n) is 5.53. The molecule has 2 rings (SSSR count). The van der Waals surface area contributed by atoms with Gasteiger partial charge in [0.05, 0.1) is 0 Å². The first kappa shape index (κ1) is 15.6. The Morgan fingerprint density at radius 3 is 2.05 bits per heavy atom. The summed E-state index contributed by atoms with van der Waals surface area (Å²) in [6, 6.07) is 17.4. The number of nitrogens with one attached hydrogen (secondary N) is 1. The van der Waals surface area contributed by atoms with E-state index in [4.69, 9.17) is 0 Å². The summed E-state index contributed by atoms with van der Waals surface area (Å²) < 4.78 is 0. The molecule has 0 radical (unpaired) electrons. The predicted octanol–water partition coefficient (Wildman–Crippen LogP) is 5.25. The highest BCUT2D eigenvalue weighted by molar-refractivity contribution is 5.57. The van der Waals surface area contributed by atoms with E-state index < -0.39 is 0 Å². The van der Waals surface area contributed by atoms with E-state index in [1.807, 2.05) is 0 Å². The van der Waals surface area contributed by atoms with Crippen LogP contribution in [0.4, 0.5) is 5.69 Å². The number of hydrogen-bond donors (Lipinski definition) is 1. The molecule has 1 heteroatoms. The summed E-state index contributed by atoms with van der Waals surface area (Å²) in [6.07, 6.45) is 5.84. The zero-order valence-corrected chi connectivity index (χ0v) is 13.4. The average molecular weight is 281 g/mol. The fraction of sp³-hybridized carbons (Fsp3) is 0.400. The normalized spacial score (nSPS) is 10.6. The smallest absolute Gasteiger partial charge is 0.0405 e. The van der Waals surface area contributed by atoms with E-state index >= 15 is 0 Å². The molecule has 112 valence electrons. The summed E-state index contributed by atoms with van der Waals surface area (Å²) in [7, 11) is 0. The summed E-state index contributed by atoms with van der Waals surface area (Å²) in [5.74, 6) is 0. The Morgan fingerprint density at radius 1 is 0.762 bits per heavy atom. The van der Waals surface area contributed by atoms with Crippen molar-refractivity contribution < 1.29 is 0 Å². The fourth-order valence-electron chi connectivity index (χ4n) is 2.78. The van der Waals surface area contributed by atoms with Crippen molar-refractivity contribution in [2.75, 3.05) is 11.9 Å². The third kappa shape index (κ3) is 4.63. The van der Waals surface area contributed by atoms with Gasteiger partial charge in [-0.05, 0) is 48.8 Å². The molecule has 2 aromatic carbocycles. The molecular formula is C20H27N. The molecule has 0 aromatic heterocycles. The van der Waals surface area contributed by atoms with Crippen molar-refractivity contribution in [3.63, 3.8) is 0 Å². The van der Waals surface area contributed by atoms with Gasteiger partial charge in [-0.3, -0.25) is 0 Å². The number of para-hydroxylation sites is 1. The lowest BCUT2D eigenvalue weighted by molar-refractivity contribution is 0.762. The van der Waals surface area contributed by atoms with E-state index in [0.717, 1.165) is 19.4 Å². The Morgan fingerprint density at radius 2 is 1.43 bits per heavy atom. The topological polar surface area (TPSA) is 12.0 Å². The molecule has 1 nitrogen and oxygen atoms in total. The third-order valence-corrected chi connectivity index (χ3v) is 4.04. The molecule has 1 N–H and O–H groups in total. The number of benzene rings is 2. The lowest BCUT2D eigenvalue weighted by atomic mass is 10.0. The van der Waals surface area contributed by atoms with Crippen LogP contribution in [-0.2, 0) is 19.3 Å². The largest absolute Gasteiger partial charge is 0.385 e. The maximum Gasteiger partial charge on any atom is 0.0405 e. The van der Waals surface area contributed by atoms with E-state index in [1.165, 1.54) is 41.6 Å². The quantitative estimate of drug-likeness (QED) is 0.652. The lowest BCUT2D eigenvalue weighted by Gasteiger charge is -2.15. The molecule has 0 saturated heterocycles. The van der Waals surface area contributed by atoms with Crippen LogP contribution in [-0.4, -0.2) is 6.54 Å². The minimum atomic E-state index is 1.07. The molecule has 0 spiro atoms. The van der Waals surface area contributed by atoms with Crippen molar-refractivity contribution in [2.45, 2.75) is 46.0 Å². The highest BCUT2D eigenvalue weighted by atomic mass is 14.9. The maximum absolute atomic E-state index is 3.67. The van der Waals surface area contributed by atoms with Gasteiger partial charge in [-0.2, -0.15) is 0 Å². The molecular weight excluding hydrogens is 254 g/mol. The molecule has 0 aliphatic heterocycles. The monoisotopic (exact) mass is 281 g/mol. The second-order valence-corrected chi connectivity index (χ2v) is 5.53. The minimum absolute atomic E-state index is 1.07. The van der Waals surface area contributed by atoms with E-state index in [9.17, 15) is 0 Å². The van der Waals surface area contributed by atoms with Crippen molar-refractivity contribution in [3.05, 3.63) is 65.2 Å². The van der Waals surface area contributed by atoms with Crippen LogP contribution in [0.3, 0.4) is 0 Å². The average Bonchev–Trinajstić information content (AvgIpc) is 2.55. The molecule has 0 aliphatic rings. The van der Waals surface area contributed by atoms with Crippen molar-refractivity contribution in [3.8, 4) is 0 Å². The zero-order chi connectivity index (χ0) is 14.9. The van der Waals surface area contributed by atoms with Crippen LogP contribution in [0.15, 0.2) is 48.5 Å². The Bertz CT molecular complexity index is 509. The van der Waals surface area contributed by atoms with Crippen LogP contribution in [0.1, 0.15) is 43.4 Å². The Kier molecular flexibility index (Phi) is 6.33. The Labute approximate surface area is 129 Å². The minimum Gasteiger partial charge on any atom is -0.385 e. The third-order valence-electron chi connectivity index (χ3n) is 4.04. The fourth-order valence-corrected chi connectivity index (χ4v) is 2.78. The van der Waals surface area contributed by atoms with Crippen LogP contribution in [0.2, 0.25) is 0 Å². The van der Waals surface area contributed by atoms with Gasteiger partial charge in [0, 0.05) is 12.2 Å². The van der Waals surface area contributed by atoms with Gasteiger partial charge in [-0.1, -0.05) is 62.4 Å². The van der Waals surface area contributed by atoms with Crippen LogP contribution in [0.25, 0.3) is 0 Å². The van der Waals surface area contributed by atoms with Gasteiger partial charge < -0.3 is 5.32 Å². The van der Waals surface area contributed by atoms with Crippen molar-refractivity contribution in [1.82, 2.24) is 0 Å². The van der Waals surface area contributed by atoms with Crippen LogP contribution in [0.5, 0.6) is 0 Å². The van der Waals surface area contributed by atoms with Crippen molar-refractivity contribution >= 4 is 5.69 Å². The standard InChI is InChI=1S/C20H27N/c1-3-18-14-10-15-19(4-2)20(18)21-16-9-8-13-17-11-6-5-7-12-17/h5-7,10-12,14-15,21H,3-4,8-9,13,16H2,1-2H3. The first-order valence-electron chi connectivity index (χ1n) is 8.23. The highest BCUT2D eigenvalue weighted by Gasteiger charge is 2.04. The van der Waals surface area contributed by atoms with Crippen molar-refractivity contribution in [1.29, 1.82) is 0 Å². The van der Waals surface area contributed by atoms with Gasteiger partial charge in [0.1, 0.15) is 0 Å². The van der Waals surface area contributed by atoms with E-state index in [2.05, 4.69) is 67.7 Å². The highest BCUT2D eigenvalue weighted by Crippen LogP contribution is 2.22. The zero-order valence-electron chi connectivity index (χ0n) is 13.4. The summed E-state index contributed by atoms with van der Waals surface area (Å²) in [4.78, 5) is 0. The summed E-state index contributed by atoms with van der Waals surface area (Å²) >= 11 is 0. The molecule has 0 amide bonds. The number of anilines is 1. The molecule has 2 aromatic rings. The number of unbranched alkanes of at least 4 members (excludes halogenated alkanes) is 1. The first-order chi connectivity index (χ1) is 10.3. The summed E-state index contributed by atoms with van der Waals surface area (Å²) in [6.45, 7) is 5.53. The van der Waals surface area contributed by atoms with Crippen LogP contribution in [0, 0.1) is 0 Å². The molecule has 0 heterocycles. The van der Waals surface area contributed by atoms with Crippen LogP contribution >= 0.6 is 0 Å². The van der Waals surface area contributed by atoms with Gasteiger partial charge in [0.25, 0.3) is 0 Å². The molecule has 0 saturated carbocycles. The molecule has 0 atom stereocenters. The molecule has 21 heavy (non-hydrogen) atoms. The van der Waals surface area contributed by atoms with Crippen LogP contribution < -0.4 is 5.32 Å². The number of aryl methyl sites for hydroxylation is 3. The van der Waals surface area contributed by atoms with E-state index in [0.29, 0.717) is 0 Å². The molecule has 0 bridgehead atoms. The van der Waals surface area contributed by atoms with Gasteiger partial charge in [0.15, 0.2) is 0 Å². The van der Waals surface area contributed by atoms with Gasteiger partial charge in [-0.25, -0.2) is 0 Å². The molecule has 0 aliphatic carbocycles. The summed E-state index contributed by atoms with van der Waals surface area (Å²) in [5, 5.41) is 3.67. The Hall–Kier alpha value is -1.76. The van der Waals surface area contributed by atoms with E-state index in [1.54, 1.807) is 0 Å². The summed E-state index contributed by atoms with van der Waals surface area (Å²) in [5.41, 5.74) is 5.71. The SMILES string of the molecule is CCc1cccc(CC)c1NCCCCc1ccccc1. The maximum atomic E-state index is 3.67. The number of rotatable bonds is 8. The van der Waals surface area contributed by atoms with Gasteiger partial charge >= 0.3 is 0 Å². The number of hydrogen-bond acceptors (Lipinski definition) is 1. The molecule has 0 fully saturated rings. The Balaban J connectivity index is 1.81.